The van der Waals surface area contributed by atoms with Gasteiger partial charge in [0, 0.05) is 17.6 Å². The lowest BCUT2D eigenvalue weighted by atomic mass is 10.0. The molecule has 0 spiro atoms. The molecule has 0 saturated carbocycles. The second-order valence-electron chi connectivity index (χ2n) is 6.86. The average molecular weight is 343 g/mol. The Kier molecular flexibility index (Phi) is 4.49. The largest absolute Gasteiger partial charge is 0.484 e. The Morgan fingerprint density at radius 1 is 1.08 bits per heavy atom. The first-order valence-corrected chi connectivity index (χ1v) is 9.08. The van der Waals surface area contributed by atoms with E-state index in [0.29, 0.717) is 6.04 Å². The molecule has 2 N–H and O–H groups in total. The van der Waals surface area contributed by atoms with Gasteiger partial charge in [-0.15, -0.1) is 0 Å². The second-order valence-corrected chi connectivity index (χ2v) is 7.30. The van der Waals surface area contributed by atoms with E-state index in [1.165, 1.54) is 17.5 Å². The summed E-state index contributed by atoms with van der Waals surface area (Å²) in [7, 11) is 0. The van der Waals surface area contributed by atoms with Gasteiger partial charge in [0.25, 0.3) is 0 Å². The summed E-state index contributed by atoms with van der Waals surface area (Å²) >= 11 is 6.00. The van der Waals surface area contributed by atoms with Gasteiger partial charge in [-0.1, -0.05) is 35.9 Å². The summed E-state index contributed by atoms with van der Waals surface area (Å²) < 4.78 is 6.42. The third kappa shape index (κ3) is 3.16. The van der Waals surface area contributed by atoms with E-state index >= 15 is 0 Å². The maximum atomic E-state index is 6.42. The number of likely N-dealkylation sites (tertiary alicyclic amines) is 1. The van der Waals surface area contributed by atoms with Crippen molar-refractivity contribution >= 4 is 11.6 Å². The molecule has 0 aromatic heterocycles. The summed E-state index contributed by atoms with van der Waals surface area (Å²) in [6.45, 7) is 2.06. The molecule has 24 heavy (non-hydrogen) atoms. The summed E-state index contributed by atoms with van der Waals surface area (Å²) in [6.07, 6.45) is 3.37. The highest BCUT2D eigenvalue weighted by molar-refractivity contribution is 6.30. The zero-order valence-electron chi connectivity index (χ0n) is 13.7. The molecule has 0 radical (unpaired) electrons. The van der Waals surface area contributed by atoms with Crippen LogP contribution < -0.4 is 10.5 Å². The van der Waals surface area contributed by atoms with E-state index in [4.69, 9.17) is 22.1 Å². The predicted molar refractivity (Wildman–Crippen MR) is 97.5 cm³/mol. The molecule has 0 amide bonds. The van der Waals surface area contributed by atoms with Crippen molar-refractivity contribution < 1.29 is 4.74 Å². The first-order chi connectivity index (χ1) is 11.7. The minimum Gasteiger partial charge on any atom is -0.484 e. The molecule has 1 saturated heterocycles. The Hall–Kier alpha value is -1.55. The van der Waals surface area contributed by atoms with Gasteiger partial charge in [0.15, 0.2) is 0 Å². The monoisotopic (exact) mass is 342 g/mol. The van der Waals surface area contributed by atoms with Crippen molar-refractivity contribution in [3.63, 3.8) is 0 Å². The van der Waals surface area contributed by atoms with Crippen LogP contribution in [0.5, 0.6) is 5.75 Å². The van der Waals surface area contributed by atoms with Gasteiger partial charge in [-0.2, -0.15) is 0 Å². The van der Waals surface area contributed by atoms with Gasteiger partial charge in [0.1, 0.15) is 11.9 Å². The first-order valence-electron chi connectivity index (χ1n) is 8.70. The first kappa shape index (κ1) is 15.9. The minimum atomic E-state index is 0.0488. The van der Waals surface area contributed by atoms with Crippen molar-refractivity contribution in [2.24, 2.45) is 5.73 Å². The quantitative estimate of drug-likeness (QED) is 0.921. The van der Waals surface area contributed by atoms with Crippen LogP contribution in [0.2, 0.25) is 5.02 Å². The summed E-state index contributed by atoms with van der Waals surface area (Å²) in [5.41, 5.74) is 8.91. The summed E-state index contributed by atoms with van der Waals surface area (Å²) in [5.74, 6) is 0.868. The van der Waals surface area contributed by atoms with Crippen LogP contribution in [-0.2, 0) is 6.42 Å². The summed E-state index contributed by atoms with van der Waals surface area (Å²) in [6, 6.07) is 16.9. The molecule has 2 aromatic rings. The van der Waals surface area contributed by atoms with E-state index in [9.17, 15) is 0 Å². The third-order valence-electron chi connectivity index (χ3n) is 5.18. The lowest BCUT2D eigenvalue weighted by Crippen LogP contribution is -2.49. The standard InChI is InChI=1S/C20H23ClN2O/c21-15-7-9-17(10-8-15)24-20-18-6-2-1-4-14(18)12-19(20)23-11-3-5-16(22)13-23/h1-2,4,6-10,16,19-20H,3,5,11-13,22H2/t16-,19-,20-/m1/s1. The number of hydrogen-bond donors (Lipinski definition) is 1. The minimum absolute atomic E-state index is 0.0488. The molecule has 2 aliphatic rings. The zero-order chi connectivity index (χ0) is 16.5. The summed E-state index contributed by atoms with van der Waals surface area (Å²) in [5, 5.41) is 0.729. The van der Waals surface area contributed by atoms with Crippen molar-refractivity contribution in [1.29, 1.82) is 0 Å². The topological polar surface area (TPSA) is 38.5 Å². The Labute approximate surface area is 148 Å². The van der Waals surface area contributed by atoms with Gasteiger partial charge in [-0.3, -0.25) is 4.90 Å². The molecular weight excluding hydrogens is 320 g/mol. The fourth-order valence-corrected chi connectivity index (χ4v) is 4.13. The second kappa shape index (κ2) is 6.75. The van der Waals surface area contributed by atoms with Crippen LogP contribution in [0.15, 0.2) is 48.5 Å². The Morgan fingerprint density at radius 2 is 1.88 bits per heavy atom. The Morgan fingerprint density at radius 3 is 2.67 bits per heavy atom. The van der Waals surface area contributed by atoms with E-state index in [0.717, 1.165) is 36.7 Å². The maximum Gasteiger partial charge on any atom is 0.140 e. The smallest absolute Gasteiger partial charge is 0.140 e. The number of nitrogens with zero attached hydrogens (tertiary/aromatic N) is 1. The Bertz CT molecular complexity index is 703. The van der Waals surface area contributed by atoms with E-state index in [2.05, 4.69) is 29.2 Å². The van der Waals surface area contributed by atoms with Crippen molar-refractivity contribution in [3.8, 4) is 5.75 Å². The van der Waals surface area contributed by atoms with E-state index in [1.807, 2.05) is 24.3 Å². The zero-order valence-corrected chi connectivity index (χ0v) is 14.5. The number of ether oxygens (including phenoxy) is 1. The van der Waals surface area contributed by atoms with Crippen LogP contribution in [0.25, 0.3) is 0 Å². The molecule has 2 aromatic carbocycles. The lowest BCUT2D eigenvalue weighted by Gasteiger charge is -2.38. The molecule has 3 nitrogen and oxygen atoms in total. The highest BCUT2D eigenvalue weighted by Crippen LogP contribution is 2.38. The number of piperidine rings is 1. The number of benzene rings is 2. The van der Waals surface area contributed by atoms with Crippen molar-refractivity contribution in [2.45, 2.75) is 37.5 Å². The molecule has 1 heterocycles. The number of fused-ring (bicyclic) bond motifs is 1. The van der Waals surface area contributed by atoms with Gasteiger partial charge in [-0.05, 0) is 61.2 Å². The molecule has 0 unspecified atom stereocenters. The SMILES string of the molecule is N[C@@H]1CCCN([C@@H]2Cc3ccccc3[C@H]2Oc2ccc(Cl)cc2)C1. The molecule has 1 fully saturated rings. The molecule has 4 rings (SSSR count). The van der Waals surface area contributed by atoms with Crippen LogP contribution >= 0.6 is 11.6 Å². The Balaban J connectivity index is 1.62. The molecule has 1 aliphatic carbocycles. The number of rotatable bonds is 3. The van der Waals surface area contributed by atoms with Gasteiger partial charge in [0.2, 0.25) is 0 Å². The van der Waals surface area contributed by atoms with Crippen molar-refractivity contribution in [3.05, 3.63) is 64.7 Å². The molecule has 126 valence electrons. The number of nitrogens with two attached hydrogens (primary N) is 1. The van der Waals surface area contributed by atoms with Gasteiger partial charge < -0.3 is 10.5 Å². The fraction of sp³-hybridized carbons (Fsp3) is 0.400. The van der Waals surface area contributed by atoms with Gasteiger partial charge >= 0.3 is 0 Å². The maximum absolute atomic E-state index is 6.42. The van der Waals surface area contributed by atoms with Gasteiger partial charge in [0.05, 0.1) is 6.04 Å². The number of hydrogen-bond acceptors (Lipinski definition) is 3. The fourth-order valence-electron chi connectivity index (χ4n) is 4.00. The summed E-state index contributed by atoms with van der Waals surface area (Å²) in [4.78, 5) is 2.52. The van der Waals surface area contributed by atoms with Gasteiger partial charge in [-0.25, -0.2) is 0 Å². The third-order valence-corrected chi connectivity index (χ3v) is 5.43. The molecule has 0 bridgehead atoms. The highest BCUT2D eigenvalue weighted by atomic mass is 35.5. The average Bonchev–Trinajstić information content (AvgIpc) is 2.96. The lowest BCUT2D eigenvalue weighted by molar-refractivity contribution is 0.0593. The van der Waals surface area contributed by atoms with Crippen LogP contribution in [0.3, 0.4) is 0 Å². The molecular formula is C20H23ClN2O. The normalized spacial score (nSPS) is 27.0. The molecule has 3 atom stereocenters. The van der Waals surface area contributed by atoms with Crippen molar-refractivity contribution in [1.82, 2.24) is 4.90 Å². The highest BCUT2D eigenvalue weighted by Gasteiger charge is 2.39. The molecule has 1 aliphatic heterocycles. The van der Waals surface area contributed by atoms with E-state index in [1.54, 1.807) is 0 Å². The predicted octanol–water partition coefficient (Wildman–Crippen LogP) is 3.81. The van der Waals surface area contributed by atoms with E-state index < -0.39 is 0 Å². The van der Waals surface area contributed by atoms with Crippen LogP contribution in [-0.4, -0.2) is 30.1 Å². The van der Waals surface area contributed by atoms with Crippen molar-refractivity contribution in [2.75, 3.05) is 13.1 Å². The van der Waals surface area contributed by atoms with E-state index in [-0.39, 0.29) is 12.1 Å². The van der Waals surface area contributed by atoms with Crippen LogP contribution in [0, 0.1) is 0 Å². The van der Waals surface area contributed by atoms with Crippen LogP contribution in [0.4, 0.5) is 0 Å². The number of halogens is 1. The van der Waals surface area contributed by atoms with Crippen LogP contribution in [0.1, 0.15) is 30.1 Å². The molecule has 4 heteroatoms.